The van der Waals surface area contributed by atoms with E-state index in [0.717, 1.165) is 18.4 Å². The molecule has 2 fully saturated rings. The molecule has 2 aromatic carbocycles. The molecular formula is C22H24F3N3O5S. The first kappa shape index (κ1) is 24.3. The Morgan fingerprint density at radius 3 is 2.26 bits per heavy atom. The summed E-state index contributed by atoms with van der Waals surface area (Å²) in [5.74, 6) is -1.29. The first-order valence-electron chi connectivity index (χ1n) is 10.5. The molecule has 0 aromatic heterocycles. The van der Waals surface area contributed by atoms with Crippen molar-refractivity contribution < 1.29 is 36.6 Å². The lowest BCUT2D eigenvalue weighted by Crippen LogP contribution is -2.41. The molecule has 8 nitrogen and oxygen atoms in total. The maximum atomic E-state index is 13.4. The minimum Gasteiger partial charge on any atom is -0.478 e. The van der Waals surface area contributed by atoms with E-state index in [9.17, 15) is 36.6 Å². The van der Waals surface area contributed by atoms with Crippen LogP contribution in [0.15, 0.2) is 47.4 Å². The fourth-order valence-corrected chi connectivity index (χ4v) is 5.35. The summed E-state index contributed by atoms with van der Waals surface area (Å²) in [6, 6.07) is 9.04. The van der Waals surface area contributed by atoms with E-state index in [0.29, 0.717) is 26.2 Å². The van der Waals surface area contributed by atoms with Crippen LogP contribution in [-0.2, 0) is 16.0 Å². The van der Waals surface area contributed by atoms with Gasteiger partial charge in [-0.1, -0.05) is 12.1 Å². The normalized spacial score (nSPS) is 22.0. The van der Waals surface area contributed by atoms with Gasteiger partial charge in [0.05, 0.1) is 21.7 Å². The second kappa shape index (κ2) is 8.75. The first-order chi connectivity index (χ1) is 15.8. The van der Waals surface area contributed by atoms with Crippen LogP contribution in [0.1, 0.15) is 15.9 Å². The number of hydrogen-bond donors (Lipinski definition) is 3. The van der Waals surface area contributed by atoms with Crippen LogP contribution in [0.4, 0.5) is 24.5 Å². The van der Waals surface area contributed by atoms with Crippen molar-refractivity contribution in [1.29, 1.82) is 0 Å². The van der Waals surface area contributed by atoms with Crippen LogP contribution in [0.25, 0.3) is 0 Å². The molecule has 0 saturated carbocycles. The van der Waals surface area contributed by atoms with Gasteiger partial charge in [0.15, 0.2) is 16.2 Å². The number of carbonyl (C=O) groups is 1. The maximum Gasteiger partial charge on any atom is 0.418 e. The highest BCUT2D eigenvalue weighted by molar-refractivity contribution is 7.90. The van der Waals surface area contributed by atoms with Gasteiger partial charge >= 0.3 is 12.1 Å². The SMILES string of the molecule is CS(=O)(=O)c1ccc(NC(O)N2C[C@H]3CN(c4ccccc4C(F)(F)F)C[C@H]3C2)c(C(=O)O)c1. The number of aliphatic hydroxyl groups is 1. The molecule has 34 heavy (non-hydrogen) atoms. The smallest absolute Gasteiger partial charge is 0.418 e. The summed E-state index contributed by atoms with van der Waals surface area (Å²) in [5.41, 5.74) is -0.763. The summed E-state index contributed by atoms with van der Waals surface area (Å²) < 4.78 is 63.6. The van der Waals surface area contributed by atoms with Crippen LogP contribution in [-0.4, -0.2) is 68.3 Å². The zero-order chi connectivity index (χ0) is 24.8. The Morgan fingerprint density at radius 1 is 1.09 bits per heavy atom. The van der Waals surface area contributed by atoms with Crippen molar-refractivity contribution in [1.82, 2.24) is 4.90 Å². The molecule has 0 spiro atoms. The first-order valence-corrected chi connectivity index (χ1v) is 12.4. The van der Waals surface area contributed by atoms with Crippen molar-refractivity contribution in [3.63, 3.8) is 0 Å². The van der Waals surface area contributed by atoms with Gasteiger partial charge in [-0.25, -0.2) is 13.2 Å². The van der Waals surface area contributed by atoms with Crippen molar-refractivity contribution in [2.45, 2.75) is 17.4 Å². The van der Waals surface area contributed by atoms with Crippen molar-refractivity contribution in [3.8, 4) is 0 Å². The molecule has 2 aliphatic heterocycles. The third-order valence-electron chi connectivity index (χ3n) is 6.34. The minimum atomic E-state index is -4.45. The molecule has 3 N–H and O–H groups in total. The number of halogens is 3. The number of fused-ring (bicyclic) bond motifs is 1. The lowest BCUT2D eigenvalue weighted by molar-refractivity contribution is -0.137. The number of likely N-dealkylation sites (tertiary alicyclic amines) is 1. The lowest BCUT2D eigenvalue weighted by atomic mass is 10.0. The number of anilines is 2. The fraction of sp³-hybridized carbons (Fsp3) is 0.409. The van der Waals surface area contributed by atoms with Crippen LogP contribution in [0.5, 0.6) is 0 Å². The van der Waals surface area contributed by atoms with Gasteiger partial charge in [-0.3, -0.25) is 4.90 Å². The van der Waals surface area contributed by atoms with Gasteiger partial charge in [0.25, 0.3) is 0 Å². The average molecular weight is 500 g/mol. The molecule has 0 aliphatic carbocycles. The predicted molar refractivity (Wildman–Crippen MR) is 118 cm³/mol. The van der Waals surface area contributed by atoms with Gasteiger partial charge in [-0.05, 0) is 42.2 Å². The number of nitrogens with one attached hydrogen (secondary N) is 1. The molecule has 2 aliphatic rings. The van der Waals surface area contributed by atoms with E-state index in [-0.39, 0.29) is 33.7 Å². The minimum absolute atomic E-state index is 0.0318. The number of para-hydroxylation sites is 1. The number of alkyl halides is 3. The Kier molecular flexibility index (Phi) is 6.25. The summed E-state index contributed by atoms with van der Waals surface area (Å²) >= 11 is 0. The number of rotatable bonds is 6. The van der Waals surface area contributed by atoms with Gasteiger partial charge in [0.2, 0.25) is 0 Å². The van der Waals surface area contributed by atoms with Crippen LogP contribution in [0.2, 0.25) is 0 Å². The summed E-state index contributed by atoms with van der Waals surface area (Å²) in [6.45, 7) is 1.63. The Labute approximate surface area is 194 Å². The van der Waals surface area contributed by atoms with Gasteiger partial charge in [0, 0.05) is 38.1 Å². The molecule has 0 amide bonds. The molecule has 4 rings (SSSR count). The second-order valence-corrected chi connectivity index (χ2v) is 10.7. The molecule has 12 heteroatoms. The highest BCUT2D eigenvalue weighted by Crippen LogP contribution is 2.41. The van der Waals surface area contributed by atoms with Crippen LogP contribution in [0, 0.1) is 11.8 Å². The highest BCUT2D eigenvalue weighted by Gasteiger charge is 2.44. The number of carboxylic acid groups (broad SMARTS) is 1. The number of aromatic carboxylic acids is 1. The Balaban J connectivity index is 1.44. The highest BCUT2D eigenvalue weighted by atomic mass is 32.2. The third kappa shape index (κ3) is 4.84. The molecule has 184 valence electrons. The zero-order valence-electron chi connectivity index (χ0n) is 18.2. The van der Waals surface area contributed by atoms with Crippen molar-refractivity contribution in [2.24, 2.45) is 11.8 Å². The quantitative estimate of drug-likeness (QED) is 0.521. The monoisotopic (exact) mass is 499 g/mol. The molecule has 2 aromatic rings. The largest absolute Gasteiger partial charge is 0.478 e. The van der Waals surface area contributed by atoms with Crippen molar-refractivity contribution in [3.05, 3.63) is 53.6 Å². The molecule has 3 atom stereocenters. The summed E-state index contributed by atoms with van der Waals surface area (Å²) in [5, 5.41) is 22.9. The molecule has 0 bridgehead atoms. The van der Waals surface area contributed by atoms with E-state index in [2.05, 4.69) is 5.32 Å². The number of hydrogen-bond acceptors (Lipinski definition) is 7. The van der Waals surface area contributed by atoms with E-state index >= 15 is 0 Å². The molecule has 2 heterocycles. The average Bonchev–Trinajstić information content (AvgIpc) is 3.32. The van der Waals surface area contributed by atoms with Crippen molar-refractivity contribution >= 4 is 27.2 Å². The number of carboxylic acids is 1. The third-order valence-corrected chi connectivity index (χ3v) is 7.45. The van der Waals surface area contributed by atoms with E-state index < -0.39 is 33.9 Å². The topological polar surface area (TPSA) is 110 Å². The second-order valence-electron chi connectivity index (χ2n) is 8.70. The Bertz CT molecular complexity index is 1190. The fourth-order valence-electron chi connectivity index (χ4n) is 4.70. The Hall–Kier alpha value is -2.83. The van der Waals surface area contributed by atoms with E-state index in [4.69, 9.17) is 0 Å². The van der Waals surface area contributed by atoms with Gasteiger partial charge in [-0.2, -0.15) is 13.2 Å². The van der Waals surface area contributed by atoms with Crippen LogP contribution >= 0.6 is 0 Å². The number of nitrogens with zero attached hydrogens (tertiary/aromatic N) is 2. The number of sulfone groups is 1. The summed E-state index contributed by atoms with van der Waals surface area (Å²) in [4.78, 5) is 14.9. The zero-order valence-corrected chi connectivity index (χ0v) is 19.0. The van der Waals surface area contributed by atoms with Gasteiger partial charge in [0.1, 0.15) is 0 Å². The number of aliphatic hydroxyl groups excluding tert-OH is 1. The standard InChI is InChI=1S/C22H24F3N3O5S/c1-34(32,33)15-6-7-18(16(8-15)20(29)30)26-21(31)28-11-13-9-27(10-14(13)12-28)19-5-3-2-4-17(19)22(23,24)25/h2-8,13-14,21,26,31H,9-12H2,1H3,(H,29,30)/t13-,14+,21?. The van der Waals surface area contributed by atoms with E-state index in [1.807, 2.05) is 0 Å². The maximum absolute atomic E-state index is 13.4. The summed E-state index contributed by atoms with van der Waals surface area (Å²) in [6.07, 6.45) is -4.73. The van der Waals surface area contributed by atoms with Crippen LogP contribution < -0.4 is 10.2 Å². The predicted octanol–water partition coefficient (Wildman–Crippen LogP) is 2.56. The molecule has 1 unspecified atom stereocenters. The van der Waals surface area contributed by atoms with E-state index in [1.54, 1.807) is 15.9 Å². The van der Waals surface area contributed by atoms with Gasteiger partial charge in [-0.15, -0.1) is 0 Å². The molecule has 0 radical (unpaired) electrons. The van der Waals surface area contributed by atoms with E-state index in [1.165, 1.54) is 24.3 Å². The van der Waals surface area contributed by atoms with Crippen molar-refractivity contribution in [2.75, 3.05) is 42.7 Å². The lowest BCUT2D eigenvalue weighted by Gasteiger charge is -2.28. The Morgan fingerprint density at radius 2 is 1.71 bits per heavy atom. The molecule has 2 saturated heterocycles. The van der Waals surface area contributed by atoms with Crippen LogP contribution in [0.3, 0.4) is 0 Å². The van der Waals surface area contributed by atoms with Gasteiger partial charge < -0.3 is 20.4 Å². The summed E-state index contributed by atoms with van der Waals surface area (Å²) in [7, 11) is -3.61. The molecular weight excluding hydrogens is 475 g/mol. The number of benzene rings is 2.